The molecule has 1 aliphatic heterocycles. The highest BCUT2D eigenvalue weighted by Crippen LogP contribution is 2.33. The first-order valence-corrected chi connectivity index (χ1v) is 7.65. The molecule has 0 radical (unpaired) electrons. The third-order valence-corrected chi connectivity index (χ3v) is 4.41. The van der Waals surface area contributed by atoms with Crippen LogP contribution in [0.1, 0.15) is 13.3 Å². The molecule has 1 fully saturated rings. The van der Waals surface area contributed by atoms with Gasteiger partial charge in [-0.05, 0) is 24.4 Å². The summed E-state index contributed by atoms with van der Waals surface area (Å²) in [5, 5.41) is 4.77. The lowest BCUT2D eigenvalue weighted by Gasteiger charge is -2.24. The van der Waals surface area contributed by atoms with Gasteiger partial charge in [0.1, 0.15) is 6.04 Å². The number of fused-ring (bicyclic) bond motifs is 1. The van der Waals surface area contributed by atoms with Crippen molar-refractivity contribution in [2.75, 3.05) is 11.4 Å². The van der Waals surface area contributed by atoms with Crippen LogP contribution in [0.4, 0.5) is 5.69 Å². The Bertz CT molecular complexity index is 729. The van der Waals surface area contributed by atoms with Crippen LogP contribution in [0.25, 0.3) is 10.8 Å². The minimum Gasteiger partial charge on any atom is -0.345 e. The van der Waals surface area contributed by atoms with Crippen molar-refractivity contribution in [2.24, 2.45) is 0 Å². The van der Waals surface area contributed by atoms with Gasteiger partial charge in [-0.25, -0.2) is 0 Å². The Labute approximate surface area is 131 Å². The molecule has 1 N–H and O–H groups in total. The molecule has 1 saturated heterocycles. The van der Waals surface area contributed by atoms with Crippen LogP contribution in [0.15, 0.2) is 40.9 Å². The average molecular weight is 347 g/mol. The zero-order chi connectivity index (χ0) is 15.0. The zero-order valence-electron chi connectivity index (χ0n) is 11.6. The van der Waals surface area contributed by atoms with Crippen LogP contribution in [-0.4, -0.2) is 24.4 Å². The van der Waals surface area contributed by atoms with Crippen LogP contribution in [-0.2, 0) is 9.59 Å². The number of nitrogens with one attached hydrogen (secondary N) is 1. The summed E-state index contributed by atoms with van der Waals surface area (Å²) in [6.07, 6.45) is 0.320. The average Bonchev–Trinajstić information content (AvgIpc) is 2.60. The number of halogens is 1. The fourth-order valence-corrected chi connectivity index (χ4v) is 3.13. The molecular formula is C16H15BrN2O2. The topological polar surface area (TPSA) is 49.4 Å². The number of anilines is 1. The zero-order valence-corrected chi connectivity index (χ0v) is 13.2. The second-order valence-corrected chi connectivity index (χ2v) is 6.00. The van der Waals surface area contributed by atoms with Gasteiger partial charge in [0.05, 0.1) is 5.69 Å². The SMILES string of the molecule is CC1NC(=O)CCN(c2ccc(Br)c3ccccc23)C1=O. The van der Waals surface area contributed by atoms with Crippen molar-refractivity contribution in [3.05, 3.63) is 40.9 Å². The summed E-state index contributed by atoms with van der Waals surface area (Å²) in [6, 6.07) is 11.3. The van der Waals surface area contributed by atoms with Crippen molar-refractivity contribution < 1.29 is 9.59 Å². The monoisotopic (exact) mass is 346 g/mol. The van der Waals surface area contributed by atoms with E-state index in [1.165, 1.54) is 0 Å². The molecule has 2 aromatic carbocycles. The summed E-state index contributed by atoms with van der Waals surface area (Å²) in [4.78, 5) is 25.9. The summed E-state index contributed by atoms with van der Waals surface area (Å²) in [7, 11) is 0. The predicted molar refractivity (Wildman–Crippen MR) is 86.2 cm³/mol. The molecule has 0 bridgehead atoms. The van der Waals surface area contributed by atoms with Gasteiger partial charge >= 0.3 is 0 Å². The van der Waals surface area contributed by atoms with Gasteiger partial charge in [-0.2, -0.15) is 0 Å². The highest BCUT2D eigenvalue weighted by Gasteiger charge is 2.28. The van der Waals surface area contributed by atoms with Crippen LogP contribution in [0, 0.1) is 0 Å². The molecule has 1 aliphatic rings. The summed E-state index contributed by atoms with van der Waals surface area (Å²) in [6.45, 7) is 2.13. The number of rotatable bonds is 1. The molecule has 21 heavy (non-hydrogen) atoms. The standard InChI is InChI=1S/C16H15BrN2O2/c1-10-16(21)19(9-8-15(20)18-10)14-7-6-13(17)11-4-2-3-5-12(11)14/h2-7,10H,8-9H2,1H3,(H,18,20). The van der Waals surface area contributed by atoms with Gasteiger partial charge in [0.15, 0.2) is 0 Å². The van der Waals surface area contributed by atoms with Gasteiger partial charge in [0.25, 0.3) is 0 Å². The molecule has 2 amide bonds. The lowest BCUT2D eigenvalue weighted by molar-refractivity contribution is -0.125. The molecule has 0 saturated carbocycles. The summed E-state index contributed by atoms with van der Waals surface area (Å²) in [5.41, 5.74) is 0.849. The van der Waals surface area contributed by atoms with Crippen molar-refractivity contribution in [2.45, 2.75) is 19.4 Å². The Hall–Kier alpha value is -1.88. The fourth-order valence-electron chi connectivity index (χ4n) is 2.65. The Morgan fingerprint density at radius 2 is 1.86 bits per heavy atom. The molecule has 1 atom stereocenters. The van der Waals surface area contributed by atoms with Crippen molar-refractivity contribution >= 4 is 44.2 Å². The minimum atomic E-state index is -0.498. The summed E-state index contributed by atoms with van der Waals surface area (Å²) >= 11 is 3.54. The number of carbonyl (C=O) groups excluding carboxylic acids is 2. The predicted octanol–water partition coefficient (Wildman–Crippen LogP) is 2.84. The number of hydrogen-bond donors (Lipinski definition) is 1. The summed E-state index contributed by atoms with van der Waals surface area (Å²) in [5.74, 6) is -0.159. The number of nitrogens with zero attached hydrogens (tertiary/aromatic N) is 1. The maximum atomic E-state index is 12.5. The summed E-state index contributed by atoms with van der Waals surface area (Å²) < 4.78 is 0.992. The van der Waals surface area contributed by atoms with E-state index < -0.39 is 6.04 Å². The second kappa shape index (κ2) is 5.48. The number of amides is 2. The van der Waals surface area contributed by atoms with E-state index in [-0.39, 0.29) is 11.8 Å². The van der Waals surface area contributed by atoms with Crippen molar-refractivity contribution in [3.8, 4) is 0 Å². The third kappa shape index (κ3) is 2.53. The van der Waals surface area contributed by atoms with E-state index >= 15 is 0 Å². The molecule has 5 heteroatoms. The van der Waals surface area contributed by atoms with Gasteiger partial charge in [0.2, 0.25) is 11.8 Å². The first-order valence-electron chi connectivity index (χ1n) is 6.86. The van der Waals surface area contributed by atoms with Gasteiger partial charge in [0, 0.05) is 22.8 Å². The molecule has 2 aromatic rings. The van der Waals surface area contributed by atoms with E-state index in [2.05, 4.69) is 21.2 Å². The van der Waals surface area contributed by atoms with Crippen LogP contribution in [0.5, 0.6) is 0 Å². The second-order valence-electron chi connectivity index (χ2n) is 5.14. The maximum absolute atomic E-state index is 12.5. The van der Waals surface area contributed by atoms with Crippen LogP contribution in [0.2, 0.25) is 0 Å². The van der Waals surface area contributed by atoms with Crippen molar-refractivity contribution in [1.82, 2.24) is 5.32 Å². The highest BCUT2D eigenvalue weighted by atomic mass is 79.9. The first kappa shape index (κ1) is 14.1. The molecule has 108 valence electrons. The van der Waals surface area contributed by atoms with E-state index in [1.807, 2.05) is 36.4 Å². The Balaban J connectivity index is 2.13. The van der Waals surface area contributed by atoms with E-state index in [1.54, 1.807) is 11.8 Å². The number of hydrogen-bond acceptors (Lipinski definition) is 2. The molecule has 3 rings (SSSR count). The van der Waals surface area contributed by atoms with Gasteiger partial charge < -0.3 is 10.2 Å². The van der Waals surface area contributed by atoms with E-state index in [4.69, 9.17) is 0 Å². The molecule has 0 spiro atoms. The van der Waals surface area contributed by atoms with Gasteiger partial charge in [-0.3, -0.25) is 9.59 Å². The quantitative estimate of drug-likeness (QED) is 0.863. The van der Waals surface area contributed by atoms with E-state index in [0.717, 1.165) is 20.9 Å². The number of benzene rings is 2. The van der Waals surface area contributed by atoms with Crippen LogP contribution >= 0.6 is 15.9 Å². The smallest absolute Gasteiger partial charge is 0.249 e. The van der Waals surface area contributed by atoms with Crippen molar-refractivity contribution in [1.29, 1.82) is 0 Å². The Kier molecular flexibility index (Phi) is 3.68. The Morgan fingerprint density at radius 3 is 2.62 bits per heavy atom. The molecule has 4 nitrogen and oxygen atoms in total. The van der Waals surface area contributed by atoms with E-state index in [9.17, 15) is 9.59 Å². The molecular weight excluding hydrogens is 332 g/mol. The third-order valence-electron chi connectivity index (χ3n) is 3.72. The molecule has 1 heterocycles. The highest BCUT2D eigenvalue weighted by molar-refractivity contribution is 9.10. The van der Waals surface area contributed by atoms with Crippen LogP contribution < -0.4 is 10.2 Å². The van der Waals surface area contributed by atoms with Crippen LogP contribution in [0.3, 0.4) is 0 Å². The van der Waals surface area contributed by atoms with Gasteiger partial charge in [-0.1, -0.05) is 40.2 Å². The van der Waals surface area contributed by atoms with Crippen molar-refractivity contribution in [3.63, 3.8) is 0 Å². The normalized spacial score (nSPS) is 19.5. The lowest BCUT2D eigenvalue weighted by atomic mass is 10.1. The van der Waals surface area contributed by atoms with E-state index in [0.29, 0.717) is 13.0 Å². The number of carbonyl (C=O) groups is 2. The largest absolute Gasteiger partial charge is 0.345 e. The molecule has 0 aromatic heterocycles. The lowest BCUT2D eigenvalue weighted by Crippen LogP contribution is -2.42. The Morgan fingerprint density at radius 1 is 1.14 bits per heavy atom. The van der Waals surface area contributed by atoms with Gasteiger partial charge in [-0.15, -0.1) is 0 Å². The first-order chi connectivity index (χ1) is 10.1. The minimum absolute atomic E-state index is 0.0756. The molecule has 1 unspecified atom stereocenters. The molecule has 0 aliphatic carbocycles. The maximum Gasteiger partial charge on any atom is 0.249 e. The fraction of sp³-hybridized carbons (Fsp3) is 0.250.